The van der Waals surface area contributed by atoms with Gasteiger partial charge in [-0.05, 0) is 43.1 Å². The molecule has 2 aromatic heterocycles. The average molecular weight is 385 g/mol. The molecule has 0 unspecified atom stereocenters. The number of carbonyl (C=O) groups excluding carboxylic acids is 1. The standard InChI is InChI=1S/C19H23N5O2S/c1-27-18-14(3-2-4-22-18)19(26)24-10-12-7-15(16(25)8-13(12)11-24)23-17-9-20-5-6-21-17/h2-6,9,12-13,15-16,25H,7-8,10-11H2,1H3,(H,21,23)/t12-,13+,15-,16-/m1/s1. The van der Waals surface area contributed by atoms with Crippen LogP contribution in [0.4, 0.5) is 5.82 Å². The minimum Gasteiger partial charge on any atom is -0.391 e. The number of amides is 1. The molecule has 0 radical (unpaired) electrons. The summed E-state index contributed by atoms with van der Waals surface area (Å²) >= 11 is 1.49. The van der Waals surface area contributed by atoms with Gasteiger partial charge in [0.2, 0.25) is 0 Å². The number of hydrogen-bond acceptors (Lipinski definition) is 7. The molecule has 27 heavy (non-hydrogen) atoms. The molecule has 2 N–H and O–H groups in total. The summed E-state index contributed by atoms with van der Waals surface area (Å²) in [6.45, 7) is 1.42. The summed E-state index contributed by atoms with van der Waals surface area (Å²) in [5.74, 6) is 1.42. The number of aromatic nitrogens is 3. The Balaban J connectivity index is 1.44. The lowest BCUT2D eigenvalue weighted by Gasteiger charge is -2.35. The Bertz CT molecular complexity index is 806. The highest BCUT2D eigenvalue weighted by molar-refractivity contribution is 7.98. The van der Waals surface area contributed by atoms with Crippen LogP contribution in [0, 0.1) is 11.8 Å². The number of nitrogens with zero attached hydrogens (tertiary/aromatic N) is 4. The molecule has 4 rings (SSSR count). The van der Waals surface area contributed by atoms with E-state index in [2.05, 4.69) is 20.3 Å². The zero-order valence-electron chi connectivity index (χ0n) is 15.2. The smallest absolute Gasteiger partial charge is 0.256 e. The van der Waals surface area contributed by atoms with Gasteiger partial charge in [-0.2, -0.15) is 0 Å². The van der Waals surface area contributed by atoms with Gasteiger partial charge in [-0.1, -0.05) is 0 Å². The molecule has 0 aromatic carbocycles. The van der Waals surface area contributed by atoms with Gasteiger partial charge < -0.3 is 15.3 Å². The van der Waals surface area contributed by atoms with E-state index in [-0.39, 0.29) is 11.9 Å². The monoisotopic (exact) mass is 385 g/mol. The summed E-state index contributed by atoms with van der Waals surface area (Å²) in [7, 11) is 0. The average Bonchev–Trinajstić information content (AvgIpc) is 3.11. The molecule has 1 saturated heterocycles. The van der Waals surface area contributed by atoms with Crippen molar-refractivity contribution in [1.82, 2.24) is 19.9 Å². The van der Waals surface area contributed by atoms with Crippen LogP contribution in [-0.4, -0.2) is 62.4 Å². The largest absolute Gasteiger partial charge is 0.391 e. The van der Waals surface area contributed by atoms with Crippen molar-refractivity contribution in [2.75, 3.05) is 24.7 Å². The van der Waals surface area contributed by atoms with Crippen molar-refractivity contribution in [3.8, 4) is 0 Å². The summed E-state index contributed by atoms with van der Waals surface area (Å²) in [4.78, 5) is 27.5. The number of hydrogen-bond donors (Lipinski definition) is 2. The SMILES string of the molecule is CSc1ncccc1C(=O)N1C[C@H]2C[C@@H](Nc3cnccn3)[C@H](O)C[C@H]2C1. The van der Waals surface area contributed by atoms with E-state index in [1.54, 1.807) is 30.9 Å². The lowest BCUT2D eigenvalue weighted by atomic mass is 9.77. The highest BCUT2D eigenvalue weighted by atomic mass is 32.2. The van der Waals surface area contributed by atoms with E-state index in [1.165, 1.54) is 11.8 Å². The van der Waals surface area contributed by atoms with Crippen molar-refractivity contribution in [3.05, 3.63) is 42.5 Å². The molecule has 8 heteroatoms. The third-order valence-electron chi connectivity index (χ3n) is 5.52. The molecule has 4 atom stereocenters. The third-order valence-corrected chi connectivity index (χ3v) is 6.23. The van der Waals surface area contributed by atoms with E-state index in [0.717, 1.165) is 18.0 Å². The number of carbonyl (C=O) groups is 1. The number of nitrogens with one attached hydrogen (secondary N) is 1. The summed E-state index contributed by atoms with van der Waals surface area (Å²) in [5, 5.41) is 14.6. The maximum Gasteiger partial charge on any atom is 0.256 e. The summed E-state index contributed by atoms with van der Waals surface area (Å²) in [6.07, 6.45) is 9.61. The topological polar surface area (TPSA) is 91.2 Å². The molecule has 2 fully saturated rings. The molecule has 1 amide bonds. The fraction of sp³-hybridized carbons (Fsp3) is 0.474. The second-order valence-corrected chi connectivity index (χ2v) is 7.97. The first-order valence-electron chi connectivity index (χ1n) is 9.14. The van der Waals surface area contributed by atoms with Gasteiger partial charge in [-0.15, -0.1) is 11.8 Å². The molecule has 0 bridgehead atoms. The fourth-order valence-electron chi connectivity index (χ4n) is 4.20. The number of rotatable bonds is 4. The summed E-state index contributed by atoms with van der Waals surface area (Å²) in [6, 6.07) is 3.58. The zero-order chi connectivity index (χ0) is 18.8. The van der Waals surface area contributed by atoms with E-state index in [4.69, 9.17) is 0 Å². The van der Waals surface area contributed by atoms with E-state index in [1.807, 2.05) is 17.2 Å². The van der Waals surface area contributed by atoms with Crippen LogP contribution in [-0.2, 0) is 0 Å². The van der Waals surface area contributed by atoms with Crippen LogP contribution in [0.2, 0.25) is 0 Å². The number of fused-ring (bicyclic) bond motifs is 1. The van der Waals surface area contributed by atoms with Crippen molar-refractivity contribution in [1.29, 1.82) is 0 Å². The maximum absolute atomic E-state index is 13.0. The van der Waals surface area contributed by atoms with Gasteiger partial charge in [-0.25, -0.2) is 9.97 Å². The number of pyridine rings is 1. The van der Waals surface area contributed by atoms with Gasteiger partial charge in [0.1, 0.15) is 10.8 Å². The van der Waals surface area contributed by atoms with Crippen LogP contribution >= 0.6 is 11.8 Å². The van der Waals surface area contributed by atoms with Gasteiger partial charge in [0.05, 0.1) is 23.9 Å². The van der Waals surface area contributed by atoms with Gasteiger partial charge in [0, 0.05) is 31.7 Å². The van der Waals surface area contributed by atoms with Crippen LogP contribution in [0.3, 0.4) is 0 Å². The van der Waals surface area contributed by atoms with Crippen LogP contribution in [0.1, 0.15) is 23.2 Å². The van der Waals surface area contributed by atoms with Crippen molar-refractivity contribution in [3.63, 3.8) is 0 Å². The first-order chi connectivity index (χ1) is 13.2. The predicted octanol–water partition coefficient (Wildman–Crippen LogP) is 1.92. The molecule has 2 aliphatic rings. The minimum atomic E-state index is -0.455. The Morgan fingerprint density at radius 2 is 2.04 bits per heavy atom. The van der Waals surface area contributed by atoms with Crippen molar-refractivity contribution in [2.24, 2.45) is 11.8 Å². The lowest BCUT2D eigenvalue weighted by Crippen LogP contribution is -2.43. The van der Waals surface area contributed by atoms with Crippen molar-refractivity contribution >= 4 is 23.5 Å². The number of aliphatic hydroxyl groups is 1. The molecule has 7 nitrogen and oxygen atoms in total. The van der Waals surface area contributed by atoms with E-state index in [9.17, 15) is 9.90 Å². The Morgan fingerprint density at radius 1 is 1.22 bits per heavy atom. The van der Waals surface area contributed by atoms with Crippen LogP contribution < -0.4 is 5.32 Å². The number of aliphatic hydroxyl groups excluding tert-OH is 1. The molecule has 1 saturated carbocycles. The predicted molar refractivity (Wildman–Crippen MR) is 104 cm³/mol. The summed E-state index contributed by atoms with van der Waals surface area (Å²) in [5.41, 5.74) is 0.665. The summed E-state index contributed by atoms with van der Waals surface area (Å²) < 4.78 is 0. The van der Waals surface area contributed by atoms with Crippen LogP contribution in [0.25, 0.3) is 0 Å². The van der Waals surface area contributed by atoms with Crippen molar-refractivity contribution < 1.29 is 9.90 Å². The van der Waals surface area contributed by atoms with Crippen molar-refractivity contribution in [2.45, 2.75) is 30.0 Å². The first kappa shape index (κ1) is 18.2. The quantitative estimate of drug-likeness (QED) is 0.777. The molecule has 1 aliphatic heterocycles. The second-order valence-electron chi connectivity index (χ2n) is 7.17. The van der Waals surface area contributed by atoms with Gasteiger partial charge in [-0.3, -0.25) is 9.78 Å². The molecular weight excluding hydrogens is 362 g/mol. The lowest BCUT2D eigenvalue weighted by molar-refractivity contribution is 0.0726. The Morgan fingerprint density at radius 3 is 2.78 bits per heavy atom. The highest BCUT2D eigenvalue weighted by Crippen LogP contribution is 2.38. The Labute approximate surface area is 162 Å². The van der Waals surface area contributed by atoms with Gasteiger partial charge in [0.25, 0.3) is 5.91 Å². The normalized spacial score (nSPS) is 27.3. The highest BCUT2D eigenvalue weighted by Gasteiger charge is 2.43. The van der Waals surface area contributed by atoms with Crippen LogP contribution in [0.5, 0.6) is 0 Å². The minimum absolute atomic E-state index is 0.0368. The van der Waals surface area contributed by atoms with Gasteiger partial charge >= 0.3 is 0 Å². The third kappa shape index (κ3) is 3.77. The van der Waals surface area contributed by atoms with Crippen LogP contribution in [0.15, 0.2) is 41.9 Å². The van der Waals surface area contributed by atoms with E-state index < -0.39 is 6.10 Å². The zero-order valence-corrected chi connectivity index (χ0v) is 16.0. The van der Waals surface area contributed by atoms with E-state index in [0.29, 0.717) is 36.2 Å². The van der Waals surface area contributed by atoms with E-state index >= 15 is 0 Å². The first-order valence-corrected chi connectivity index (χ1v) is 10.4. The number of likely N-dealkylation sites (tertiary alicyclic amines) is 1. The molecule has 1 aliphatic carbocycles. The number of thioether (sulfide) groups is 1. The second kappa shape index (κ2) is 7.82. The molecule has 2 aromatic rings. The molecule has 142 valence electrons. The number of anilines is 1. The fourth-order valence-corrected chi connectivity index (χ4v) is 4.74. The molecule has 0 spiro atoms. The molecular formula is C19H23N5O2S. The Hall–Kier alpha value is -2.19. The van der Waals surface area contributed by atoms with Gasteiger partial charge in [0.15, 0.2) is 0 Å². The maximum atomic E-state index is 13.0. The molecule has 3 heterocycles. The Kier molecular flexibility index (Phi) is 5.27.